The van der Waals surface area contributed by atoms with Gasteiger partial charge in [-0.15, -0.1) is 0 Å². The van der Waals surface area contributed by atoms with E-state index in [1.54, 1.807) is 0 Å². The quantitative estimate of drug-likeness (QED) is 0.189. The summed E-state index contributed by atoms with van der Waals surface area (Å²) in [6.07, 6.45) is 4.41. The maximum atomic E-state index is 2.42. The van der Waals surface area contributed by atoms with E-state index in [1.165, 1.54) is 86.9 Å². The molecule has 0 aliphatic rings. The van der Waals surface area contributed by atoms with E-state index in [-0.39, 0.29) is 0 Å². The lowest BCUT2D eigenvalue weighted by Gasteiger charge is -2.19. The third-order valence-electron chi connectivity index (χ3n) is 9.14. The van der Waals surface area contributed by atoms with Crippen molar-refractivity contribution >= 4 is 55.2 Å². The van der Waals surface area contributed by atoms with Crippen LogP contribution < -0.4 is 10.4 Å². The first-order valence-corrected chi connectivity index (χ1v) is 15.4. The first-order chi connectivity index (χ1) is 21.7. The minimum absolute atomic E-state index is 1.23. The van der Waals surface area contributed by atoms with Crippen molar-refractivity contribution in [2.75, 3.05) is 0 Å². The Bertz CT molecular complexity index is 2510. The highest BCUT2D eigenvalue weighted by molar-refractivity contribution is 6.22. The highest BCUT2D eigenvalue weighted by Crippen LogP contribution is 2.45. The summed E-state index contributed by atoms with van der Waals surface area (Å²) in [6, 6.07) is 53.9. The Morgan fingerprint density at radius 1 is 0.318 bits per heavy atom. The summed E-state index contributed by atoms with van der Waals surface area (Å²) in [5.74, 6) is 0. The van der Waals surface area contributed by atoms with Crippen LogP contribution in [0.25, 0.3) is 88.6 Å². The summed E-state index contributed by atoms with van der Waals surface area (Å²) < 4.78 is 0. The number of fused-ring (bicyclic) bond motifs is 4. The highest BCUT2D eigenvalue weighted by atomic mass is 14.2. The molecule has 0 aliphatic heterocycles. The van der Waals surface area contributed by atoms with E-state index in [4.69, 9.17) is 0 Å². The predicted molar refractivity (Wildman–Crippen MR) is 192 cm³/mol. The summed E-state index contributed by atoms with van der Waals surface area (Å²) in [7, 11) is 0. The lowest BCUT2D eigenvalue weighted by molar-refractivity contribution is 1.49. The average Bonchev–Trinajstić information content (AvgIpc) is 3.09. The van der Waals surface area contributed by atoms with Crippen molar-refractivity contribution in [2.24, 2.45) is 0 Å². The van der Waals surface area contributed by atoms with E-state index >= 15 is 0 Å². The second kappa shape index (κ2) is 10.7. The maximum absolute atomic E-state index is 2.42. The Morgan fingerprint density at radius 3 is 1.43 bits per heavy atom. The fraction of sp³-hybridized carbons (Fsp3) is 0.0455. The largest absolute Gasteiger partial charge is 0.0798 e. The fourth-order valence-corrected chi connectivity index (χ4v) is 6.94. The number of hydrogen-bond acceptors (Lipinski definition) is 0. The van der Waals surface area contributed by atoms with Crippen LogP contribution in [0, 0.1) is 0 Å². The minimum Gasteiger partial charge on any atom is -0.0798 e. The number of benzene rings is 8. The lowest BCUT2D eigenvalue weighted by atomic mass is 9.84. The van der Waals surface area contributed by atoms with Crippen LogP contribution in [0.1, 0.15) is 13.8 Å². The molecule has 208 valence electrons. The summed E-state index contributed by atoms with van der Waals surface area (Å²) in [4.78, 5) is 0. The molecule has 0 atom stereocenters. The second-order valence-electron chi connectivity index (χ2n) is 11.6. The SMILES string of the molecule is C/C=c1/ccc(-c2c3ccccc3c(-c3ccc4ccccc4c3)c3ccc(-c4ccc5ccccc5c4)cc23)c/c1=C/C. The molecule has 0 spiro atoms. The minimum atomic E-state index is 1.23. The lowest BCUT2D eigenvalue weighted by Crippen LogP contribution is -2.23. The maximum Gasteiger partial charge on any atom is -0.00259 e. The monoisotopic (exact) mass is 560 g/mol. The molecule has 44 heavy (non-hydrogen) atoms. The Morgan fingerprint density at radius 2 is 0.773 bits per heavy atom. The van der Waals surface area contributed by atoms with Gasteiger partial charge in [-0.1, -0.05) is 133 Å². The first kappa shape index (κ1) is 26.2. The Kier molecular flexibility index (Phi) is 6.35. The van der Waals surface area contributed by atoms with Crippen molar-refractivity contribution in [3.05, 3.63) is 156 Å². The van der Waals surface area contributed by atoms with Crippen molar-refractivity contribution in [2.45, 2.75) is 13.8 Å². The van der Waals surface area contributed by atoms with Crippen LogP contribution in [-0.2, 0) is 0 Å². The highest BCUT2D eigenvalue weighted by Gasteiger charge is 2.18. The topological polar surface area (TPSA) is 0 Å². The zero-order valence-corrected chi connectivity index (χ0v) is 25.0. The van der Waals surface area contributed by atoms with Gasteiger partial charge in [-0.05, 0) is 125 Å². The molecule has 8 aromatic carbocycles. The molecule has 0 radical (unpaired) electrons. The zero-order valence-electron chi connectivity index (χ0n) is 25.0. The van der Waals surface area contributed by atoms with Gasteiger partial charge in [0.15, 0.2) is 0 Å². The third-order valence-corrected chi connectivity index (χ3v) is 9.14. The molecule has 0 heterocycles. The molecule has 0 aromatic heterocycles. The van der Waals surface area contributed by atoms with Crippen molar-refractivity contribution in [3.8, 4) is 33.4 Å². The Balaban J connectivity index is 1.50. The summed E-state index contributed by atoms with van der Waals surface area (Å²) in [6.45, 7) is 4.24. The van der Waals surface area contributed by atoms with Crippen LogP contribution in [0.2, 0.25) is 0 Å². The molecule has 0 unspecified atom stereocenters. The normalized spacial score (nSPS) is 12.6. The van der Waals surface area contributed by atoms with Gasteiger partial charge in [0.05, 0.1) is 0 Å². The number of hydrogen-bond donors (Lipinski definition) is 0. The fourth-order valence-electron chi connectivity index (χ4n) is 6.94. The van der Waals surface area contributed by atoms with Gasteiger partial charge in [-0.3, -0.25) is 0 Å². The molecule has 0 saturated carbocycles. The third kappa shape index (κ3) is 4.31. The first-order valence-electron chi connectivity index (χ1n) is 15.4. The Labute approximate surface area is 257 Å². The molecule has 0 heteroatoms. The van der Waals surface area contributed by atoms with Gasteiger partial charge < -0.3 is 0 Å². The predicted octanol–water partition coefficient (Wildman–Crippen LogP) is 10.9. The zero-order chi connectivity index (χ0) is 29.6. The molecule has 0 saturated heterocycles. The molecule has 0 aliphatic carbocycles. The van der Waals surface area contributed by atoms with E-state index in [1.807, 2.05) is 0 Å². The van der Waals surface area contributed by atoms with Crippen molar-refractivity contribution in [3.63, 3.8) is 0 Å². The van der Waals surface area contributed by atoms with E-state index in [0.29, 0.717) is 0 Å². The summed E-state index contributed by atoms with van der Waals surface area (Å²) >= 11 is 0. The van der Waals surface area contributed by atoms with Crippen LogP contribution in [0.3, 0.4) is 0 Å². The molecule has 0 N–H and O–H groups in total. The van der Waals surface area contributed by atoms with E-state index < -0.39 is 0 Å². The smallest absolute Gasteiger partial charge is 0.00259 e. The van der Waals surface area contributed by atoms with Crippen LogP contribution >= 0.6 is 0 Å². The van der Waals surface area contributed by atoms with Crippen molar-refractivity contribution in [1.29, 1.82) is 0 Å². The summed E-state index contributed by atoms with van der Waals surface area (Å²) in [5.41, 5.74) is 7.52. The standard InChI is InChI=1S/C44H32/c1-3-29-17-21-37(25-30(29)4-2)44-40-16-10-9-15-39(40)43(38-22-19-32-12-6-8-14-34(32)27-38)41-24-23-36(28-42(41)44)35-20-18-31-11-5-7-13-33(31)26-35/h3-28H,1-2H3/b29-3-,30-4-. The second-order valence-corrected chi connectivity index (χ2v) is 11.6. The molecule has 8 aromatic rings. The van der Waals surface area contributed by atoms with Gasteiger partial charge in [-0.25, -0.2) is 0 Å². The van der Waals surface area contributed by atoms with E-state index in [0.717, 1.165) is 0 Å². The molecular weight excluding hydrogens is 528 g/mol. The van der Waals surface area contributed by atoms with E-state index in [2.05, 4.69) is 172 Å². The van der Waals surface area contributed by atoms with Gasteiger partial charge >= 0.3 is 0 Å². The molecule has 0 fully saturated rings. The summed E-state index contributed by atoms with van der Waals surface area (Å²) in [5, 5.41) is 12.6. The van der Waals surface area contributed by atoms with Gasteiger partial charge in [0.1, 0.15) is 0 Å². The average molecular weight is 561 g/mol. The molecule has 0 amide bonds. The van der Waals surface area contributed by atoms with Crippen LogP contribution in [-0.4, -0.2) is 0 Å². The van der Waals surface area contributed by atoms with Crippen molar-refractivity contribution in [1.82, 2.24) is 0 Å². The van der Waals surface area contributed by atoms with Gasteiger partial charge in [-0.2, -0.15) is 0 Å². The Hall–Kier alpha value is -5.46. The van der Waals surface area contributed by atoms with E-state index in [9.17, 15) is 0 Å². The van der Waals surface area contributed by atoms with Crippen molar-refractivity contribution < 1.29 is 0 Å². The van der Waals surface area contributed by atoms with Gasteiger partial charge in [0.25, 0.3) is 0 Å². The number of rotatable bonds is 3. The molecule has 0 bridgehead atoms. The van der Waals surface area contributed by atoms with Gasteiger partial charge in [0, 0.05) is 0 Å². The molecule has 0 nitrogen and oxygen atoms in total. The molecular formula is C44H32. The van der Waals surface area contributed by atoms with Crippen LogP contribution in [0.4, 0.5) is 0 Å². The molecule has 8 rings (SSSR count). The van der Waals surface area contributed by atoms with Gasteiger partial charge in [0.2, 0.25) is 0 Å². The van der Waals surface area contributed by atoms with Crippen LogP contribution in [0.15, 0.2) is 146 Å². The van der Waals surface area contributed by atoms with Crippen LogP contribution in [0.5, 0.6) is 0 Å².